The first-order valence-corrected chi connectivity index (χ1v) is 6.17. The predicted molar refractivity (Wildman–Crippen MR) is 65.8 cm³/mol. The second kappa shape index (κ2) is 4.99. The molecular formula is C10H8Cl2N2OS. The summed E-state index contributed by atoms with van der Waals surface area (Å²) in [4.78, 5) is 4.18. The predicted octanol–water partition coefficient (Wildman–Crippen LogP) is 4.20. The van der Waals surface area contributed by atoms with E-state index >= 15 is 0 Å². The number of hydrogen-bond donors (Lipinski definition) is 0. The van der Waals surface area contributed by atoms with Gasteiger partial charge in [-0.2, -0.15) is 9.36 Å². The van der Waals surface area contributed by atoms with Crippen LogP contribution < -0.4 is 4.74 Å². The lowest BCUT2D eigenvalue weighted by Gasteiger charge is -2.01. The number of halogens is 2. The van der Waals surface area contributed by atoms with Crippen LogP contribution in [-0.4, -0.2) is 9.36 Å². The third-order valence-corrected chi connectivity index (χ3v) is 2.88. The van der Waals surface area contributed by atoms with Crippen LogP contribution in [0, 0.1) is 0 Å². The Kier molecular flexibility index (Phi) is 3.63. The first-order valence-electron chi connectivity index (χ1n) is 4.64. The van der Waals surface area contributed by atoms with E-state index in [4.69, 9.17) is 27.9 Å². The first kappa shape index (κ1) is 11.6. The maximum atomic E-state index is 5.85. The van der Waals surface area contributed by atoms with Gasteiger partial charge in [-0.25, -0.2) is 0 Å². The van der Waals surface area contributed by atoms with Gasteiger partial charge in [-0.15, -0.1) is 0 Å². The zero-order chi connectivity index (χ0) is 11.5. The van der Waals surface area contributed by atoms with Gasteiger partial charge in [-0.05, 0) is 18.2 Å². The van der Waals surface area contributed by atoms with Crippen molar-refractivity contribution in [3.8, 4) is 10.9 Å². The Labute approximate surface area is 107 Å². The molecule has 0 amide bonds. The smallest absolute Gasteiger partial charge is 0.298 e. The molecule has 16 heavy (non-hydrogen) atoms. The number of hydrogen-bond acceptors (Lipinski definition) is 4. The van der Waals surface area contributed by atoms with Crippen LogP contribution in [0.15, 0.2) is 18.2 Å². The third-order valence-electron chi connectivity index (χ3n) is 1.81. The van der Waals surface area contributed by atoms with Crippen molar-refractivity contribution in [1.29, 1.82) is 0 Å². The summed E-state index contributed by atoms with van der Waals surface area (Å²) < 4.78 is 9.61. The van der Waals surface area contributed by atoms with E-state index in [0.717, 1.165) is 12.2 Å². The molecule has 0 aliphatic rings. The molecule has 0 saturated heterocycles. The Balaban J connectivity index is 2.19. The molecule has 2 rings (SSSR count). The normalized spacial score (nSPS) is 10.4. The van der Waals surface area contributed by atoms with E-state index in [1.165, 1.54) is 11.5 Å². The Bertz CT molecular complexity index is 481. The topological polar surface area (TPSA) is 35.0 Å². The summed E-state index contributed by atoms with van der Waals surface area (Å²) >= 11 is 12.9. The molecule has 0 radical (unpaired) electrons. The summed E-state index contributed by atoms with van der Waals surface area (Å²) in [7, 11) is 0. The molecule has 2 aromatic rings. The Morgan fingerprint density at radius 2 is 1.94 bits per heavy atom. The molecule has 0 aliphatic carbocycles. The van der Waals surface area contributed by atoms with Crippen molar-refractivity contribution in [2.45, 2.75) is 13.3 Å². The Morgan fingerprint density at radius 1 is 1.25 bits per heavy atom. The van der Waals surface area contributed by atoms with Crippen LogP contribution in [0.5, 0.6) is 10.9 Å². The molecule has 0 saturated carbocycles. The molecule has 0 unspecified atom stereocenters. The van der Waals surface area contributed by atoms with Crippen molar-refractivity contribution < 1.29 is 4.74 Å². The average Bonchev–Trinajstić information content (AvgIpc) is 2.64. The number of rotatable bonds is 3. The number of benzene rings is 1. The van der Waals surface area contributed by atoms with Gasteiger partial charge in [0.2, 0.25) is 0 Å². The van der Waals surface area contributed by atoms with E-state index in [9.17, 15) is 0 Å². The van der Waals surface area contributed by atoms with Crippen LogP contribution in [0.3, 0.4) is 0 Å². The minimum atomic E-state index is 0.496. The molecule has 1 aromatic heterocycles. The third kappa shape index (κ3) is 2.84. The van der Waals surface area contributed by atoms with E-state index < -0.39 is 0 Å². The van der Waals surface area contributed by atoms with Gasteiger partial charge in [0.1, 0.15) is 11.6 Å². The first-order chi connectivity index (χ1) is 7.67. The van der Waals surface area contributed by atoms with Gasteiger partial charge in [0, 0.05) is 28.0 Å². The molecule has 0 bridgehead atoms. The summed E-state index contributed by atoms with van der Waals surface area (Å²) in [5, 5.41) is 1.56. The number of nitrogens with zero attached hydrogens (tertiary/aromatic N) is 2. The van der Waals surface area contributed by atoms with Gasteiger partial charge in [0.15, 0.2) is 0 Å². The summed E-state index contributed by atoms with van der Waals surface area (Å²) in [6.45, 7) is 1.99. The van der Waals surface area contributed by atoms with Crippen molar-refractivity contribution in [2.75, 3.05) is 0 Å². The standard InChI is InChI=1S/C10H8Cl2N2OS/c1-2-9-13-10(16-14-9)15-8-4-6(11)3-7(12)5-8/h3-5H,2H2,1H3. The van der Waals surface area contributed by atoms with Gasteiger partial charge >= 0.3 is 0 Å². The van der Waals surface area contributed by atoms with E-state index in [1.54, 1.807) is 18.2 Å². The van der Waals surface area contributed by atoms with Crippen molar-refractivity contribution >= 4 is 34.7 Å². The fourth-order valence-electron chi connectivity index (χ4n) is 1.11. The van der Waals surface area contributed by atoms with Crippen molar-refractivity contribution in [3.63, 3.8) is 0 Å². The summed E-state index contributed by atoms with van der Waals surface area (Å²) in [5.74, 6) is 1.34. The minimum absolute atomic E-state index is 0.496. The SMILES string of the molecule is CCc1nsc(Oc2cc(Cl)cc(Cl)c2)n1. The highest BCUT2D eigenvalue weighted by Gasteiger charge is 2.06. The summed E-state index contributed by atoms with van der Waals surface area (Å²) in [5.41, 5.74) is 0. The highest BCUT2D eigenvalue weighted by molar-refractivity contribution is 7.07. The number of ether oxygens (including phenoxy) is 1. The van der Waals surface area contributed by atoms with E-state index in [0.29, 0.717) is 21.0 Å². The monoisotopic (exact) mass is 274 g/mol. The quantitative estimate of drug-likeness (QED) is 0.842. The van der Waals surface area contributed by atoms with Crippen LogP contribution in [-0.2, 0) is 6.42 Å². The highest BCUT2D eigenvalue weighted by atomic mass is 35.5. The molecule has 0 atom stereocenters. The molecule has 1 heterocycles. The molecular weight excluding hydrogens is 267 g/mol. The fraction of sp³-hybridized carbons (Fsp3) is 0.200. The molecule has 1 aromatic carbocycles. The molecule has 0 fully saturated rings. The van der Waals surface area contributed by atoms with Gasteiger partial charge in [0.05, 0.1) is 0 Å². The second-order valence-electron chi connectivity index (χ2n) is 3.04. The Hall–Kier alpha value is -0.840. The van der Waals surface area contributed by atoms with Crippen molar-refractivity contribution in [2.24, 2.45) is 0 Å². The van der Waals surface area contributed by atoms with Gasteiger partial charge < -0.3 is 4.74 Å². The van der Waals surface area contributed by atoms with Crippen LogP contribution >= 0.6 is 34.7 Å². The largest absolute Gasteiger partial charge is 0.430 e. The van der Waals surface area contributed by atoms with Gasteiger partial charge in [-0.1, -0.05) is 30.1 Å². The minimum Gasteiger partial charge on any atom is -0.430 e. The number of aromatic nitrogens is 2. The van der Waals surface area contributed by atoms with Crippen LogP contribution in [0.2, 0.25) is 10.0 Å². The molecule has 0 N–H and O–H groups in total. The van der Waals surface area contributed by atoms with Gasteiger partial charge in [0.25, 0.3) is 5.19 Å². The molecule has 0 aliphatic heterocycles. The van der Waals surface area contributed by atoms with E-state index in [2.05, 4.69) is 9.36 Å². The average molecular weight is 275 g/mol. The van der Waals surface area contributed by atoms with Crippen LogP contribution in [0.25, 0.3) is 0 Å². The summed E-state index contributed by atoms with van der Waals surface area (Å²) in [6, 6.07) is 5.01. The summed E-state index contributed by atoms with van der Waals surface area (Å²) in [6.07, 6.45) is 0.788. The Morgan fingerprint density at radius 3 is 2.50 bits per heavy atom. The lowest BCUT2D eigenvalue weighted by molar-refractivity contribution is 0.477. The molecule has 3 nitrogen and oxygen atoms in total. The highest BCUT2D eigenvalue weighted by Crippen LogP contribution is 2.29. The lowest BCUT2D eigenvalue weighted by atomic mass is 10.3. The fourth-order valence-corrected chi connectivity index (χ4v) is 2.25. The number of aryl methyl sites for hydroxylation is 1. The second-order valence-corrected chi connectivity index (χ2v) is 4.62. The van der Waals surface area contributed by atoms with Crippen molar-refractivity contribution in [3.05, 3.63) is 34.1 Å². The van der Waals surface area contributed by atoms with E-state index in [1.807, 2.05) is 6.92 Å². The lowest BCUT2D eigenvalue weighted by Crippen LogP contribution is -1.85. The maximum absolute atomic E-state index is 5.85. The van der Waals surface area contributed by atoms with Gasteiger partial charge in [-0.3, -0.25) is 0 Å². The maximum Gasteiger partial charge on any atom is 0.298 e. The van der Waals surface area contributed by atoms with E-state index in [-0.39, 0.29) is 0 Å². The zero-order valence-corrected chi connectivity index (χ0v) is 10.7. The molecule has 0 spiro atoms. The zero-order valence-electron chi connectivity index (χ0n) is 8.41. The molecule has 6 heteroatoms. The molecule has 84 valence electrons. The van der Waals surface area contributed by atoms with Crippen molar-refractivity contribution in [1.82, 2.24) is 9.36 Å². The van der Waals surface area contributed by atoms with Crippen LogP contribution in [0.4, 0.5) is 0 Å². The van der Waals surface area contributed by atoms with Crippen LogP contribution in [0.1, 0.15) is 12.7 Å².